The van der Waals surface area contributed by atoms with E-state index >= 15 is 0 Å². The smallest absolute Gasteiger partial charge is 0.336 e. The highest BCUT2D eigenvalue weighted by molar-refractivity contribution is 7.32. The standard InChI is InChI=1S/C34H22O4S4.C32H22O4S6/c1-17-3-5-25-19(11-17)13-31(39-25)29-9-7-27(41-29)21-15-24(34(37)38)22(16-23(21)33(35)36)28-8-10-30(42-28)32-14-20-12-18(2)4-6-26(20)40-32;1-13-9-21-25(37-13)11-23(41-21)17-5-7-19(39-17)27-15(3)30(32(35)36)28(16(4)29(27)31(33)34)20-8-6-18(40-20)24-12-26-22(42-24)10-14(2)38-26/h3-16H,1-2H3,(H,35,36)(H,37,38);5-12H,1-4H3,(H,33,34)(H,35,36). The second kappa shape index (κ2) is 22.0. The first kappa shape index (κ1) is 56.0. The molecule has 84 heavy (non-hydrogen) atoms. The molecule has 0 fully saturated rings. The Kier molecular flexibility index (Phi) is 14.7. The predicted octanol–water partition coefficient (Wildman–Crippen LogP) is 22.6. The lowest BCUT2D eigenvalue weighted by Crippen LogP contribution is -2.12. The zero-order valence-electron chi connectivity index (χ0n) is 45.2. The lowest BCUT2D eigenvalue weighted by molar-refractivity contribution is 0.0681. The van der Waals surface area contributed by atoms with Gasteiger partial charge in [0.25, 0.3) is 0 Å². The van der Waals surface area contributed by atoms with Gasteiger partial charge in [0.1, 0.15) is 0 Å². The first-order valence-electron chi connectivity index (χ1n) is 26.0. The number of carboxylic acids is 4. The van der Waals surface area contributed by atoms with Crippen molar-refractivity contribution in [2.24, 2.45) is 0 Å². The molecule has 14 rings (SSSR count). The third kappa shape index (κ3) is 10.3. The van der Waals surface area contributed by atoms with Gasteiger partial charge in [-0.05, 0) is 173 Å². The Morgan fingerprint density at radius 1 is 0.286 bits per heavy atom. The molecular formula is C66H44O8S10. The number of aryl methyl sites for hydroxylation is 4. The number of carbonyl (C=O) groups is 4. The fraction of sp³-hybridized carbons (Fsp3) is 0.0909. The van der Waals surface area contributed by atoms with E-state index in [1.54, 1.807) is 81.9 Å². The van der Waals surface area contributed by atoms with Crippen molar-refractivity contribution in [2.75, 3.05) is 0 Å². The Morgan fingerprint density at radius 3 is 0.964 bits per heavy atom. The van der Waals surface area contributed by atoms with E-state index in [1.807, 2.05) is 48.5 Å². The van der Waals surface area contributed by atoms with E-state index in [0.29, 0.717) is 33.4 Å². The minimum Gasteiger partial charge on any atom is -0.478 e. The summed E-state index contributed by atoms with van der Waals surface area (Å²) in [5.41, 5.74) is 5.61. The Labute approximate surface area is 521 Å². The van der Waals surface area contributed by atoms with E-state index in [1.165, 1.54) is 117 Å². The number of hydrogen-bond acceptors (Lipinski definition) is 14. The summed E-state index contributed by atoms with van der Waals surface area (Å²) >= 11 is 16.3. The molecule has 18 heteroatoms. The van der Waals surface area contributed by atoms with E-state index in [-0.39, 0.29) is 22.3 Å². The Morgan fingerprint density at radius 2 is 0.607 bits per heavy atom. The van der Waals surface area contributed by atoms with Gasteiger partial charge in [0, 0.05) is 119 Å². The van der Waals surface area contributed by atoms with Gasteiger partial charge in [-0.15, -0.1) is 113 Å². The molecule has 4 N–H and O–H groups in total. The molecule has 0 aliphatic heterocycles. The van der Waals surface area contributed by atoms with Crippen LogP contribution in [-0.4, -0.2) is 44.3 Å². The summed E-state index contributed by atoms with van der Waals surface area (Å²) in [4.78, 5) is 64.7. The summed E-state index contributed by atoms with van der Waals surface area (Å²) in [7, 11) is 0. The first-order valence-corrected chi connectivity index (χ1v) is 34.2. The lowest BCUT2D eigenvalue weighted by Gasteiger charge is -2.19. The number of aromatic carboxylic acids is 4. The molecule has 4 aromatic carbocycles. The molecule has 10 heterocycles. The topological polar surface area (TPSA) is 149 Å². The Balaban J connectivity index is 0.000000157. The molecule has 14 aromatic rings. The summed E-state index contributed by atoms with van der Waals surface area (Å²) < 4.78 is 7.35. The van der Waals surface area contributed by atoms with E-state index < -0.39 is 23.9 Å². The molecule has 0 radical (unpaired) electrons. The van der Waals surface area contributed by atoms with Crippen LogP contribution in [0.2, 0.25) is 0 Å². The predicted molar refractivity (Wildman–Crippen MR) is 361 cm³/mol. The van der Waals surface area contributed by atoms with Crippen molar-refractivity contribution in [3.05, 3.63) is 188 Å². The van der Waals surface area contributed by atoms with Gasteiger partial charge in [0.05, 0.1) is 22.3 Å². The van der Waals surface area contributed by atoms with E-state index in [4.69, 9.17) is 0 Å². The zero-order valence-corrected chi connectivity index (χ0v) is 53.4. The molecular weight excluding hydrogens is 1240 g/mol. The van der Waals surface area contributed by atoms with Crippen molar-refractivity contribution >= 4 is 176 Å². The first-order chi connectivity index (χ1) is 40.3. The minimum absolute atomic E-state index is 0.0858. The van der Waals surface area contributed by atoms with Crippen LogP contribution < -0.4 is 0 Å². The summed E-state index contributed by atoms with van der Waals surface area (Å²) in [6.45, 7) is 11.8. The van der Waals surface area contributed by atoms with Gasteiger partial charge in [0.2, 0.25) is 0 Å². The average molecular weight is 1290 g/mol. The lowest BCUT2D eigenvalue weighted by atomic mass is 9.86. The Hall–Kier alpha value is -7.20. The van der Waals surface area contributed by atoms with Crippen LogP contribution in [0.1, 0.15) is 73.4 Å². The van der Waals surface area contributed by atoms with Crippen molar-refractivity contribution in [1.29, 1.82) is 0 Å². The third-order valence-electron chi connectivity index (χ3n) is 14.5. The number of fused-ring (bicyclic) bond motifs is 4. The van der Waals surface area contributed by atoms with Crippen LogP contribution in [0.15, 0.2) is 133 Å². The molecule has 0 aliphatic carbocycles. The maximum absolute atomic E-state index is 12.8. The van der Waals surface area contributed by atoms with Crippen LogP contribution in [0.4, 0.5) is 0 Å². The molecule has 0 unspecified atom stereocenters. The molecule has 0 saturated carbocycles. The SMILES string of the molecule is Cc1cc2sc(-c3ccc(-c4c(C)c(C(=O)O)c(-c5ccc(-c6cc7sc(C)cc7s6)s5)c(C)c4C(=O)O)s3)cc2s1.Cc1ccc2sc(-c3ccc(-c4cc(C(=O)O)c(-c5ccc(-c6cc7cc(C)ccc7s6)s5)cc4C(=O)O)s3)cc2c1. The fourth-order valence-corrected chi connectivity index (χ4v) is 22.0. The van der Waals surface area contributed by atoms with Gasteiger partial charge in [0.15, 0.2) is 0 Å². The molecule has 0 amide bonds. The van der Waals surface area contributed by atoms with Crippen LogP contribution in [0, 0.1) is 41.5 Å². The second-order valence-electron chi connectivity index (χ2n) is 20.3. The van der Waals surface area contributed by atoms with Crippen molar-refractivity contribution in [3.8, 4) is 80.8 Å². The van der Waals surface area contributed by atoms with Crippen molar-refractivity contribution in [2.45, 2.75) is 41.5 Å². The summed E-state index contributed by atoms with van der Waals surface area (Å²) in [6.07, 6.45) is 0. The van der Waals surface area contributed by atoms with Crippen LogP contribution in [-0.2, 0) is 0 Å². The number of hydrogen-bond donors (Lipinski definition) is 4. The number of carboxylic acid groups (broad SMARTS) is 4. The van der Waals surface area contributed by atoms with Crippen molar-refractivity contribution in [1.82, 2.24) is 0 Å². The molecule has 10 aromatic heterocycles. The highest BCUT2D eigenvalue weighted by atomic mass is 32.1. The van der Waals surface area contributed by atoms with E-state index in [2.05, 4.69) is 100 Å². The second-order valence-corrected chi connectivity index (χ2v) is 31.5. The summed E-state index contributed by atoms with van der Waals surface area (Å²) in [5, 5.41) is 43.8. The Bertz CT molecular complexity index is 4650. The highest BCUT2D eigenvalue weighted by Crippen LogP contribution is 2.50. The van der Waals surface area contributed by atoms with Gasteiger partial charge in [-0.1, -0.05) is 35.4 Å². The van der Waals surface area contributed by atoms with Gasteiger partial charge >= 0.3 is 23.9 Å². The number of benzene rings is 4. The van der Waals surface area contributed by atoms with Gasteiger partial charge < -0.3 is 20.4 Å². The van der Waals surface area contributed by atoms with Crippen LogP contribution in [0.3, 0.4) is 0 Å². The highest BCUT2D eigenvalue weighted by Gasteiger charge is 2.30. The van der Waals surface area contributed by atoms with Crippen LogP contribution >= 0.6 is 113 Å². The minimum atomic E-state index is -1.09. The van der Waals surface area contributed by atoms with Crippen LogP contribution in [0.25, 0.3) is 120 Å². The molecule has 0 saturated heterocycles. The molecule has 0 bridgehead atoms. The largest absolute Gasteiger partial charge is 0.478 e. The molecule has 0 spiro atoms. The fourth-order valence-electron chi connectivity index (χ4n) is 10.7. The molecule has 416 valence electrons. The maximum Gasteiger partial charge on any atom is 0.336 e. The molecule has 8 nitrogen and oxygen atoms in total. The molecule has 0 atom stereocenters. The van der Waals surface area contributed by atoms with E-state index in [9.17, 15) is 39.6 Å². The molecule has 0 aliphatic rings. The van der Waals surface area contributed by atoms with Crippen molar-refractivity contribution < 1.29 is 39.6 Å². The van der Waals surface area contributed by atoms with Crippen molar-refractivity contribution in [3.63, 3.8) is 0 Å². The normalized spacial score (nSPS) is 11.6. The monoisotopic (exact) mass is 1280 g/mol. The van der Waals surface area contributed by atoms with E-state index in [0.717, 1.165) is 58.5 Å². The van der Waals surface area contributed by atoms with Gasteiger partial charge in [-0.25, -0.2) is 19.2 Å². The maximum atomic E-state index is 12.8. The summed E-state index contributed by atoms with van der Waals surface area (Å²) in [5.74, 6) is -4.30. The number of rotatable bonds is 12. The average Bonchev–Trinajstić information content (AvgIpc) is 2.48. The quantitative estimate of drug-likeness (QED) is 0.0945. The van der Waals surface area contributed by atoms with Gasteiger partial charge in [-0.3, -0.25) is 0 Å². The summed E-state index contributed by atoms with van der Waals surface area (Å²) in [6, 6.07) is 44.4. The van der Waals surface area contributed by atoms with Gasteiger partial charge in [-0.2, -0.15) is 0 Å². The van der Waals surface area contributed by atoms with Crippen LogP contribution in [0.5, 0.6) is 0 Å². The third-order valence-corrected chi connectivity index (χ3v) is 26.3. The zero-order chi connectivity index (χ0) is 58.6. The number of thiophene rings is 10.